The second kappa shape index (κ2) is 15.1. The fourth-order valence-corrected chi connectivity index (χ4v) is 0. The molecule has 0 amide bonds. The van der Waals surface area contributed by atoms with Crippen LogP contribution in [0.3, 0.4) is 0 Å². The van der Waals surface area contributed by atoms with Crippen molar-refractivity contribution in [2.75, 3.05) is 0 Å². The summed E-state index contributed by atoms with van der Waals surface area (Å²) < 4.78 is 134. The zero-order chi connectivity index (χ0) is 18.0. The van der Waals surface area contributed by atoms with Crippen LogP contribution in [0, 0.1) is 0 Å². The maximum Gasteiger partial charge on any atom is 3.00 e. The molecule has 0 spiro atoms. The first-order valence-electron chi connectivity index (χ1n) is 2.70. The molecule has 0 aromatic carbocycles. The van der Waals surface area contributed by atoms with E-state index in [1.165, 1.54) is 0 Å². The van der Waals surface area contributed by atoms with Crippen molar-refractivity contribution in [1.29, 1.82) is 0 Å². The Labute approximate surface area is 146 Å². The predicted octanol–water partition coefficient (Wildman–Crippen LogP) is -5.43. The Balaban J connectivity index is -0.0000000376. The molecule has 0 aromatic heterocycles. The molecule has 16 nitrogen and oxygen atoms in total. The van der Waals surface area contributed by atoms with Crippen LogP contribution < -0.4 is 0 Å². The molecular weight excluding hydrogens is 438 g/mol. The zero-order valence-electron chi connectivity index (χ0n) is 9.40. The van der Waals surface area contributed by atoms with E-state index in [4.69, 9.17) is 70.1 Å². The maximum atomic E-state index is 8.74. The zero-order valence-corrected chi connectivity index (χ0v) is 15.0. The van der Waals surface area contributed by atoms with Gasteiger partial charge in [0, 0.05) is 31.2 Å². The van der Waals surface area contributed by atoms with Crippen LogP contribution in [0.15, 0.2) is 0 Å². The quantitative estimate of drug-likeness (QED) is 0.201. The van der Waals surface area contributed by atoms with Crippen LogP contribution in [0.25, 0.3) is 0 Å². The van der Waals surface area contributed by atoms with Gasteiger partial charge in [-0.25, -0.2) is 0 Å². The van der Waals surface area contributed by atoms with Gasteiger partial charge < -0.3 is 27.3 Å². The Bertz CT molecular complexity index is 477. The van der Waals surface area contributed by atoms with E-state index in [0.29, 0.717) is 0 Å². The van der Waals surface area contributed by atoms with Crippen LogP contribution in [-0.2, 0) is 41.6 Å². The Hall–Kier alpha value is 0.545. The maximum absolute atomic E-state index is 8.74. The molecule has 0 aromatic rings. The fraction of sp³-hybridized carbons (Fsp3) is 0. The van der Waals surface area contributed by atoms with Gasteiger partial charge in [0.1, 0.15) is 0 Å². The SMILES string of the molecule is O=S(=O)(O)O.O=S(=O)([O-])[O-].O=S(=O)([O-])[O-].O=S(=O)([O-])[O-].[Al+3].[Al+3]. The van der Waals surface area contributed by atoms with Gasteiger partial charge in [0.05, 0.1) is 0 Å². The van der Waals surface area contributed by atoms with E-state index in [9.17, 15) is 0 Å². The molecule has 0 heterocycles. The van der Waals surface area contributed by atoms with Crippen molar-refractivity contribution in [3.63, 3.8) is 0 Å². The summed E-state index contributed by atoms with van der Waals surface area (Å²) >= 11 is 0. The first-order chi connectivity index (χ1) is 8.00. The van der Waals surface area contributed by atoms with E-state index >= 15 is 0 Å². The van der Waals surface area contributed by atoms with Gasteiger partial charge in [-0.2, -0.15) is 8.42 Å². The van der Waals surface area contributed by atoms with Gasteiger partial charge in [-0.15, -0.1) is 0 Å². The summed E-state index contributed by atoms with van der Waals surface area (Å²) in [6, 6.07) is 0. The van der Waals surface area contributed by atoms with E-state index in [0.717, 1.165) is 0 Å². The van der Waals surface area contributed by atoms with E-state index < -0.39 is 41.6 Å². The summed E-state index contributed by atoms with van der Waals surface area (Å²) in [5.74, 6) is 0. The Morgan fingerprint density at radius 3 is 0.455 bits per heavy atom. The molecule has 0 saturated carbocycles. The molecular formula is H2Al2O16S4. The molecule has 22 heavy (non-hydrogen) atoms. The third kappa shape index (κ3) is 26400. The topological polar surface area (TPSA) is 315 Å². The van der Waals surface area contributed by atoms with Gasteiger partial charge in [0.2, 0.25) is 0 Å². The van der Waals surface area contributed by atoms with Gasteiger partial charge in [0.25, 0.3) is 0 Å². The molecule has 0 rings (SSSR count). The second-order valence-electron chi connectivity index (χ2n) is 1.67. The van der Waals surface area contributed by atoms with E-state index in [-0.39, 0.29) is 34.7 Å². The van der Waals surface area contributed by atoms with E-state index in [1.54, 1.807) is 0 Å². The van der Waals surface area contributed by atoms with Crippen LogP contribution >= 0.6 is 0 Å². The molecule has 0 saturated heterocycles. The smallest absolute Gasteiger partial charge is 0.759 e. The largest absolute Gasteiger partial charge is 3.00 e. The summed E-state index contributed by atoms with van der Waals surface area (Å²) in [6.07, 6.45) is 0. The molecule has 0 atom stereocenters. The van der Waals surface area contributed by atoms with Gasteiger partial charge >= 0.3 is 45.1 Å². The van der Waals surface area contributed by atoms with Gasteiger partial charge in [0.15, 0.2) is 0 Å². The minimum absolute atomic E-state index is 0. The summed E-state index contributed by atoms with van der Waals surface area (Å²) in [6.45, 7) is 0. The third-order valence-electron chi connectivity index (χ3n) is 0. The van der Waals surface area contributed by atoms with Crippen molar-refractivity contribution in [3.8, 4) is 0 Å². The summed E-state index contributed by atoms with van der Waals surface area (Å²) in [5.41, 5.74) is 0. The average Bonchev–Trinajstić information content (AvgIpc) is 1.62. The molecule has 22 heteroatoms. The van der Waals surface area contributed by atoms with Gasteiger partial charge in [-0.05, 0) is 0 Å². The molecule has 0 radical (unpaired) electrons. The van der Waals surface area contributed by atoms with Crippen LogP contribution in [-0.4, -0.2) is 105 Å². The molecule has 128 valence electrons. The number of hydrogen-bond donors (Lipinski definition) is 2. The molecule has 0 aliphatic rings. The molecule has 0 aliphatic carbocycles. The van der Waals surface area contributed by atoms with Crippen LogP contribution in [0.1, 0.15) is 0 Å². The van der Waals surface area contributed by atoms with Crippen LogP contribution in [0.2, 0.25) is 0 Å². The predicted molar refractivity (Wildman–Crippen MR) is 57.1 cm³/mol. The van der Waals surface area contributed by atoms with Crippen molar-refractivity contribution in [2.45, 2.75) is 0 Å². The monoisotopic (exact) mass is 440 g/mol. The third-order valence-corrected chi connectivity index (χ3v) is 0. The van der Waals surface area contributed by atoms with Crippen LogP contribution in [0.4, 0.5) is 0 Å². The molecule has 0 bridgehead atoms. The molecule has 0 aliphatic heterocycles. The number of hydrogen-bond acceptors (Lipinski definition) is 14. The molecule has 2 N–H and O–H groups in total. The average molecular weight is 440 g/mol. The fourth-order valence-electron chi connectivity index (χ4n) is 0. The molecule has 0 unspecified atom stereocenters. The summed E-state index contributed by atoms with van der Waals surface area (Å²) in [4.78, 5) is 0. The Kier molecular flexibility index (Phi) is 26.2. The van der Waals surface area contributed by atoms with Crippen molar-refractivity contribution >= 4 is 76.3 Å². The van der Waals surface area contributed by atoms with Crippen molar-refractivity contribution in [2.24, 2.45) is 0 Å². The minimum atomic E-state index is -5.17. The Morgan fingerprint density at radius 1 is 0.455 bits per heavy atom. The standard InChI is InChI=1S/2Al.4H2O4S/c;;4*1-5(2,3)4/h;;4*(H2,1,2,3,4)/q2*+3;;;;/p-6. The van der Waals surface area contributed by atoms with Crippen molar-refractivity contribution in [3.05, 3.63) is 0 Å². The second-order valence-corrected chi connectivity index (χ2v) is 5.02. The van der Waals surface area contributed by atoms with Gasteiger partial charge in [-0.1, -0.05) is 0 Å². The van der Waals surface area contributed by atoms with Crippen molar-refractivity contribution < 1.29 is 70.1 Å². The van der Waals surface area contributed by atoms with Gasteiger partial charge in [-0.3, -0.25) is 34.4 Å². The van der Waals surface area contributed by atoms with E-state index in [1.807, 2.05) is 0 Å². The first-order valence-corrected chi connectivity index (χ1v) is 8.10. The normalized spacial score (nSPS) is 10.5. The van der Waals surface area contributed by atoms with Crippen molar-refractivity contribution in [1.82, 2.24) is 0 Å². The van der Waals surface area contributed by atoms with E-state index in [2.05, 4.69) is 0 Å². The Morgan fingerprint density at radius 2 is 0.455 bits per heavy atom. The number of rotatable bonds is 0. The summed E-state index contributed by atoms with van der Waals surface area (Å²) in [5, 5.41) is 0. The summed E-state index contributed by atoms with van der Waals surface area (Å²) in [7, 11) is -20.2. The minimum Gasteiger partial charge on any atom is -0.759 e. The first kappa shape index (κ1) is 38.2. The molecule has 0 fully saturated rings. The van der Waals surface area contributed by atoms with Crippen LogP contribution in [0.5, 0.6) is 0 Å².